The molecule has 4 nitrogen and oxygen atoms in total. The summed E-state index contributed by atoms with van der Waals surface area (Å²) in [5, 5.41) is 16.4. The van der Waals surface area contributed by atoms with Crippen LogP contribution in [0.5, 0.6) is 0 Å². The third kappa shape index (κ3) is 4.07. The molecule has 6 heteroatoms. The Morgan fingerprint density at radius 3 is 2.80 bits per heavy atom. The average Bonchev–Trinajstić information content (AvgIpc) is 1.87. The van der Waals surface area contributed by atoms with Crippen LogP contribution >= 0.6 is 8.93 Å². The molecule has 1 atom stereocenters. The van der Waals surface area contributed by atoms with Crippen molar-refractivity contribution in [2.75, 3.05) is 0 Å². The number of carboxylic acid groups (broad SMARTS) is 1. The first-order chi connectivity index (χ1) is 5.07. The van der Waals surface area contributed by atoms with Crippen LogP contribution in [0.25, 0.3) is 0 Å². The zero-order chi connectivity index (χ0) is 8.85. The predicted molar refractivity (Wildman–Crippen MR) is 32.3 cm³/mol. The first-order valence-electron chi connectivity index (χ1n) is 2.68. The third-order valence-corrected chi connectivity index (χ3v) is 2.54. The van der Waals surface area contributed by atoms with Crippen molar-refractivity contribution in [3.63, 3.8) is 0 Å². The molecule has 0 aliphatic rings. The number of aliphatic hydroxyl groups excluding tert-OH is 1. The molecule has 2 N–H and O–H groups in total. The van der Waals surface area contributed by atoms with Crippen molar-refractivity contribution < 1.29 is 40.8 Å². The number of hydrogen-bond acceptors (Lipinski definition) is 4. The molecule has 0 saturated heterocycles. The molecule has 60 valence electrons. The van der Waals surface area contributed by atoms with Gasteiger partial charge in [0.2, 0.25) is 0 Å². The van der Waals surface area contributed by atoms with E-state index in [0.29, 0.717) is 0 Å². The Balaban J connectivity index is 3.66. The van der Waals surface area contributed by atoms with Crippen molar-refractivity contribution in [3.05, 3.63) is 0 Å². The number of hydrogen-bond donors (Lipinski definition) is 2. The van der Waals surface area contributed by atoms with Gasteiger partial charge in [0.05, 0.1) is 0 Å². The molecule has 0 aromatic rings. The van der Waals surface area contributed by atoms with E-state index in [0.717, 1.165) is 8.93 Å². The first-order valence-corrected chi connectivity index (χ1v) is 5.66. The number of halogens is 1. The number of aliphatic carboxylic acids is 1. The zero-order valence-corrected chi connectivity index (χ0v) is 7.76. The van der Waals surface area contributed by atoms with Gasteiger partial charge in [-0.05, 0) is 0 Å². The second-order valence-corrected chi connectivity index (χ2v) is 3.44. The van der Waals surface area contributed by atoms with Crippen LogP contribution in [0.1, 0.15) is 6.42 Å². The van der Waals surface area contributed by atoms with Gasteiger partial charge in [0, 0.05) is 0 Å². The molecule has 0 fully saturated rings. The molecule has 0 spiro atoms. The van der Waals surface area contributed by atoms with E-state index in [1.807, 2.05) is 0 Å². The van der Waals surface area contributed by atoms with Crippen LogP contribution in [-0.2, 0) is 9.59 Å². The van der Waals surface area contributed by atoms with E-state index in [4.69, 9.17) is 10.8 Å². The minimum atomic E-state index is -1.62. The van der Waals surface area contributed by atoms with E-state index in [1.54, 1.807) is 0 Å². The van der Waals surface area contributed by atoms with Gasteiger partial charge in [-0.25, -0.2) is 0 Å². The molecule has 0 bridgehead atoms. The topological polar surface area (TPSA) is 74.6 Å². The molecule has 0 aromatic heterocycles. The van der Waals surface area contributed by atoms with Crippen LogP contribution in [0.4, 0.5) is 0 Å². The number of carbonyl (C=O) groups excluding carboxylic acids is 1. The van der Waals surface area contributed by atoms with E-state index < -0.39 is 44.6 Å². The van der Waals surface area contributed by atoms with Gasteiger partial charge in [-0.1, -0.05) is 0 Å². The van der Waals surface area contributed by atoms with Crippen molar-refractivity contribution in [1.82, 2.24) is 0 Å². The molecule has 0 aliphatic heterocycles. The van der Waals surface area contributed by atoms with E-state index in [9.17, 15) is 9.59 Å². The summed E-state index contributed by atoms with van der Waals surface area (Å²) in [4.78, 5) is 20.6. The van der Waals surface area contributed by atoms with Crippen molar-refractivity contribution in [2.45, 2.75) is 12.5 Å². The maximum atomic E-state index is 10.6. The fraction of sp³-hybridized carbons (Fsp3) is 0.500. The van der Waals surface area contributed by atoms with E-state index >= 15 is 0 Å². The summed E-state index contributed by atoms with van der Waals surface area (Å²) in [6.45, 7) is 0. The standard InChI is InChI=1S/C4H6IO4S/c5-10-3(7)1-2(6)4(8)9/h2,5-6H,1H2,(H,8,9)/q-1/t2-/m0/s1/i5T. The van der Waals surface area contributed by atoms with E-state index in [2.05, 4.69) is 0 Å². The second-order valence-electron chi connectivity index (χ2n) is 1.51. The Bertz CT molecular complexity index is 164. The van der Waals surface area contributed by atoms with Crippen molar-refractivity contribution in [2.24, 2.45) is 0 Å². The third-order valence-electron chi connectivity index (χ3n) is 0.731. The molecule has 0 unspecified atom stereocenters. The van der Waals surface area contributed by atoms with E-state index in [1.165, 1.54) is 0 Å². The Hall–Kier alpha value is 0.180. The molecular formula is C4H6IO4S-. The molecule has 0 heterocycles. The summed E-state index contributed by atoms with van der Waals surface area (Å²) in [7, 11) is 0.791. The number of aliphatic hydroxyl groups is 1. The fourth-order valence-corrected chi connectivity index (χ4v) is 1.04. The number of carboxylic acids is 1. The van der Waals surface area contributed by atoms with Crippen LogP contribution < -0.4 is 21.0 Å². The summed E-state index contributed by atoms with van der Waals surface area (Å²) >= 11 is -0.972. The zero-order valence-electron chi connectivity index (χ0n) is 5.78. The predicted octanol–water partition coefficient (Wildman–Crippen LogP) is -3.72. The first kappa shape index (κ1) is 8.28. The average molecular weight is 279 g/mol. The van der Waals surface area contributed by atoms with Crippen LogP contribution in [0.2, 0.25) is 0 Å². The normalized spacial score (nSPS) is 14.3. The summed E-state index contributed by atoms with van der Waals surface area (Å²) in [6.07, 6.45) is -2.02. The Kier molecular flexibility index (Phi) is 4.07. The van der Waals surface area contributed by atoms with Gasteiger partial charge in [-0.15, -0.1) is 0 Å². The fourth-order valence-electron chi connectivity index (χ4n) is 0.277. The van der Waals surface area contributed by atoms with Crippen molar-refractivity contribution in [1.29, 1.82) is 0.594 Å². The molecule has 0 radical (unpaired) electrons. The minimum absolute atomic E-state index is 0.404. The summed E-state index contributed by atoms with van der Waals surface area (Å²) < 4.78 is 6.71. The molecule has 0 rings (SSSR count). The summed E-state index contributed by atoms with van der Waals surface area (Å²) in [5.74, 6) is -1.40. The molecule has 10 heavy (non-hydrogen) atoms. The van der Waals surface area contributed by atoms with E-state index in [-0.39, 0.29) is 0 Å². The van der Waals surface area contributed by atoms with Gasteiger partial charge in [-0.3, -0.25) is 0 Å². The van der Waals surface area contributed by atoms with Gasteiger partial charge in [0.15, 0.2) is 0 Å². The summed E-state index contributed by atoms with van der Waals surface area (Å²) in [5.41, 5.74) is 0. The molecule has 0 aliphatic carbocycles. The molecule has 0 aromatic carbocycles. The quantitative estimate of drug-likeness (QED) is 0.518. The van der Waals surface area contributed by atoms with Gasteiger partial charge < -0.3 is 0 Å². The van der Waals surface area contributed by atoms with Crippen LogP contribution in [0.15, 0.2) is 0 Å². The molecular weight excluding hydrogens is 271 g/mol. The van der Waals surface area contributed by atoms with Gasteiger partial charge in [-0.2, -0.15) is 0 Å². The number of carbonyl (C=O) groups is 2. The van der Waals surface area contributed by atoms with Crippen molar-refractivity contribution >= 4 is 20.0 Å². The van der Waals surface area contributed by atoms with Crippen molar-refractivity contribution in [3.8, 4) is 0 Å². The molecule has 0 amide bonds. The monoisotopic (exact) mass is 279 g/mol. The van der Waals surface area contributed by atoms with Gasteiger partial charge in [0.25, 0.3) is 0 Å². The Morgan fingerprint density at radius 2 is 2.40 bits per heavy atom. The van der Waals surface area contributed by atoms with Gasteiger partial charge >= 0.3 is 73.9 Å². The number of rotatable bonds is 4. The Morgan fingerprint density at radius 1 is 1.80 bits per heavy atom. The Labute approximate surface area is 74.0 Å². The maximum absolute atomic E-state index is 10.6. The summed E-state index contributed by atoms with van der Waals surface area (Å²) in [6, 6.07) is 0. The van der Waals surface area contributed by atoms with Gasteiger partial charge in [0.1, 0.15) is 0 Å². The SMILES string of the molecule is [3H][I-]SC(=O)C[C@H](O)C(=O)O. The van der Waals surface area contributed by atoms with Crippen LogP contribution in [0, 0.1) is 0 Å². The van der Waals surface area contributed by atoms with Crippen LogP contribution in [-0.4, -0.2) is 28.0 Å². The van der Waals surface area contributed by atoms with Crippen LogP contribution in [0.3, 0.4) is 0 Å². The second kappa shape index (κ2) is 4.91. The molecule has 0 saturated carbocycles.